The van der Waals surface area contributed by atoms with E-state index >= 15 is 0 Å². The maximum Gasteiger partial charge on any atom is 0.326 e. The minimum absolute atomic E-state index is 0.102. The number of unbranched alkanes of at least 4 members (excludes halogenated alkanes) is 5. The second-order valence-electron chi connectivity index (χ2n) is 6.99. The molecule has 1 amide bonds. The predicted octanol–water partition coefficient (Wildman–Crippen LogP) is 5.01. The minimum Gasteiger partial charge on any atom is -0.481 e. The lowest BCUT2D eigenvalue weighted by Gasteiger charge is -2.13. The van der Waals surface area contributed by atoms with Crippen LogP contribution in [0.3, 0.4) is 0 Å². The van der Waals surface area contributed by atoms with Gasteiger partial charge in [-0.25, -0.2) is 4.79 Å². The maximum atomic E-state index is 11.8. The van der Waals surface area contributed by atoms with Gasteiger partial charge in [0, 0.05) is 12.8 Å². The minimum atomic E-state index is -1.20. The zero-order chi connectivity index (χ0) is 21.7. The van der Waals surface area contributed by atoms with E-state index in [1.54, 1.807) is 0 Å². The third kappa shape index (κ3) is 18.7. The Balaban J connectivity index is 3.65. The molecule has 3 N–H and O–H groups in total. The van der Waals surface area contributed by atoms with E-state index in [1.165, 1.54) is 0 Å². The van der Waals surface area contributed by atoms with Crippen LogP contribution in [-0.2, 0) is 14.4 Å². The van der Waals surface area contributed by atoms with Crippen molar-refractivity contribution in [3.05, 3.63) is 36.5 Å². The SMILES string of the molecule is CC/C=C\C/C=C\C/C=C\CCCCCCCC(=O)NC(CCC(=O)O)C(=O)O. The van der Waals surface area contributed by atoms with Crippen LogP contribution in [0.15, 0.2) is 36.5 Å². The zero-order valence-electron chi connectivity index (χ0n) is 17.6. The molecular weight excluding hydrogens is 370 g/mol. The number of carbonyl (C=O) groups is 3. The zero-order valence-corrected chi connectivity index (χ0v) is 17.6. The summed E-state index contributed by atoms with van der Waals surface area (Å²) in [6.07, 6.45) is 22.0. The summed E-state index contributed by atoms with van der Waals surface area (Å²) < 4.78 is 0. The Bertz CT molecular complexity index is 551. The van der Waals surface area contributed by atoms with Gasteiger partial charge in [-0.2, -0.15) is 0 Å². The number of rotatable bonds is 18. The van der Waals surface area contributed by atoms with Crippen LogP contribution in [0.4, 0.5) is 0 Å². The summed E-state index contributed by atoms with van der Waals surface area (Å²) in [5.41, 5.74) is 0. The van der Waals surface area contributed by atoms with E-state index < -0.39 is 18.0 Å². The average Bonchev–Trinajstić information content (AvgIpc) is 2.67. The molecule has 0 aromatic rings. The van der Waals surface area contributed by atoms with Crippen LogP contribution in [-0.4, -0.2) is 34.1 Å². The fourth-order valence-corrected chi connectivity index (χ4v) is 2.70. The molecule has 0 spiro atoms. The lowest BCUT2D eigenvalue weighted by atomic mass is 10.1. The molecular formula is C23H37NO5. The number of carboxylic acids is 2. The molecule has 0 saturated carbocycles. The van der Waals surface area contributed by atoms with Gasteiger partial charge in [0.2, 0.25) is 5.91 Å². The molecule has 6 heteroatoms. The fraction of sp³-hybridized carbons (Fsp3) is 0.609. The van der Waals surface area contributed by atoms with Crippen LogP contribution < -0.4 is 5.32 Å². The summed E-state index contributed by atoms with van der Waals surface area (Å²) in [6, 6.07) is -1.13. The Labute approximate surface area is 174 Å². The summed E-state index contributed by atoms with van der Waals surface area (Å²) in [5.74, 6) is -2.60. The Morgan fingerprint density at radius 2 is 1.38 bits per heavy atom. The normalized spacial score (nSPS) is 12.7. The summed E-state index contributed by atoms with van der Waals surface area (Å²) in [4.78, 5) is 33.4. The standard InChI is InChI=1S/C23H37NO5/c1-2-3-4-5-6-7-8-9-10-11-12-13-14-15-16-17-21(25)24-20(23(28)29)18-19-22(26)27/h3-4,6-7,9-10,20H,2,5,8,11-19H2,1H3,(H,24,25)(H,26,27)(H,28,29)/b4-3-,7-6-,10-9-. The van der Waals surface area contributed by atoms with Gasteiger partial charge in [-0.15, -0.1) is 0 Å². The Morgan fingerprint density at radius 3 is 2.00 bits per heavy atom. The van der Waals surface area contributed by atoms with Gasteiger partial charge in [0.15, 0.2) is 0 Å². The lowest BCUT2D eigenvalue weighted by molar-refractivity contribution is -0.143. The average molecular weight is 408 g/mol. The summed E-state index contributed by atoms with van der Waals surface area (Å²) in [5, 5.41) is 20.0. The van der Waals surface area contributed by atoms with Crippen molar-refractivity contribution in [2.24, 2.45) is 0 Å². The van der Waals surface area contributed by atoms with Crippen molar-refractivity contribution in [3.8, 4) is 0 Å². The number of hydrogen-bond acceptors (Lipinski definition) is 3. The van der Waals surface area contributed by atoms with E-state index in [2.05, 4.69) is 48.7 Å². The first-order valence-corrected chi connectivity index (χ1v) is 10.7. The second kappa shape index (κ2) is 19.0. The van der Waals surface area contributed by atoms with Gasteiger partial charge in [-0.05, 0) is 44.9 Å². The second-order valence-corrected chi connectivity index (χ2v) is 6.99. The van der Waals surface area contributed by atoms with Crippen molar-refractivity contribution in [2.75, 3.05) is 0 Å². The van der Waals surface area contributed by atoms with E-state index in [4.69, 9.17) is 10.2 Å². The molecule has 0 saturated heterocycles. The molecule has 6 nitrogen and oxygen atoms in total. The molecule has 0 aromatic heterocycles. The molecule has 164 valence electrons. The molecule has 0 radical (unpaired) electrons. The molecule has 0 rings (SSSR count). The number of nitrogens with one attached hydrogen (secondary N) is 1. The highest BCUT2D eigenvalue weighted by Gasteiger charge is 2.20. The molecule has 0 bridgehead atoms. The topological polar surface area (TPSA) is 104 Å². The molecule has 29 heavy (non-hydrogen) atoms. The van der Waals surface area contributed by atoms with Gasteiger partial charge in [-0.3, -0.25) is 9.59 Å². The number of carboxylic acid groups (broad SMARTS) is 2. The molecule has 0 aliphatic carbocycles. The predicted molar refractivity (Wildman–Crippen MR) is 116 cm³/mol. The molecule has 1 unspecified atom stereocenters. The number of hydrogen-bond donors (Lipinski definition) is 3. The fourth-order valence-electron chi connectivity index (χ4n) is 2.70. The van der Waals surface area contributed by atoms with E-state index in [0.29, 0.717) is 6.42 Å². The van der Waals surface area contributed by atoms with Crippen LogP contribution in [0.1, 0.15) is 84.0 Å². The quantitative estimate of drug-likeness (QED) is 0.219. The van der Waals surface area contributed by atoms with E-state index in [1.807, 2.05) is 0 Å². The highest BCUT2D eigenvalue weighted by Crippen LogP contribution is 2.08. The first-order valence-electron chi connectivity index (χ1n) is 10.7. The summed E-state index contributed by atoms with van der Waals surface area (Å²) in [6.45, 7) is 2.13. The van der Waals surface area contributed by atoms with Crippen molar-refractivity contribution in [1.82, 2.24) is 5.32 Å². The lowest BCUT2D eigenvalue weighted by Crippen LogP contribution is -2.41. The summed E-state index contributed by atoms with van der Waals surface area (Å²) in [7, 11) is 0. The van der Waals surface area contributed by atoms with Crippen LogP contribution >= 0.6 is 0 Å². The molecule has 0 heterocycles. The first kappa shape index (κ1) is 26.6. The van der Waals surface area contributed by atoms with Gasteiger partial charge in [-0.1, -0.05) is 62.6 Å². The van der Waals surface area contributed by atoms with Gasteiger partial charge in [0.1, 0.15) is 6.04 Å². The van der Waals surface area contributed by atoms with Crippen molar-refractivity contribution < 1.29 is 24.6 Å². The third-order valence-corrected chi connectivity index (χ3v) is 4.33. The van der Waals surface area contributed by atoms with Gasteiger partial charge in [0.25, 0.3) is 0 Å². The van der Waals surface area contributed by atoms with E-state index in [9.17, 15) is 14.4 Å². The van der Waals surface area contributed by atoms with Crippen molar-refractivity contribution in [3.63, 3.8) is 0 Å². The van der Waals surface area contributed by atoms with E-state index in [0.717, 1.165) is 51.4 Å². The Kier molecular flexibility index (Phi) is 17.4. The number of allylic oxidation sites excluding steroid dienone is 6. The number of aliphatic carboxylic acids is 2. The largest absolute Gasteiger partial charge is 0.481 e. The van der Waals surface area contributed by atoms with Crippen molar-refractivity contribution >= 4 is 17.8 Å². The Morgan fingerprint density at radius 1 is 0.793 bits per heavy atom. The summed E-state index contributed by atoms with van der Waals surface area (Å²) >= 11 is 0. The molecule has 0 aliphatic rings. The van der Waals surface area contributed by atoms with Gasteiger partial charge < -0.3 is 15.5 Å². The highest BCUT2D eigenvalue weighted by molar-refractivity contribution is 5.83. The first-order chi connectivity index (χ1) is 14.0. The molecule has 0 fully saturated rings. The van der Waals surface area contributed by atoms with Crippen LogP contribution in [0, 0.1) is 0 Å². The molecule has 0 aromatic carbocycles. The number of amides is 1. The monoisotopic (exact) mass is 407 g/mol. The van der Waals surface area contributed by atoms with Crippen molar-refractivity contribution in [2.45, 2.75) is 90.0 Å². The Hall–Kier alpha value is -2.37. The van der Waals surface area contributed by atoms with Crippen LogP contribution in [0.5, 0.6) is 0 Å². The van der Waals surface area contributed by atoms with Gasteiger partial charge >= 0.3 is 11.9 Å². The van der Waals surface area contributed by atoms with Crippen molar-refractivity contribution in [1.29, 1.82) is 0 Å². The third-order valence-electron chi connectivity index (χ3n) is 4.33. The maximum absolute atomic E-state index is 11.8. The van der Waals surface area contributed by atoms with Crippen LogP contribution in [0.25, 0.3) is 0 Å². The smallest absolute Gasteiger partial charge is 0.326 e. The van der Waals surface area contributed by atoms with Gasteiger partial charge in [0.05, 0.1) is 0 Å². The van der Waals surface area contributed by atoms with E-state index in [-0.39, 0.29) is 25.2 Å². The molecule has 0 aliphatic heterocycles. The van der Waals surface area contributed by atoms with Crippen LogP contribution in [0.2, 0.25) is 0 Å². The number of carbonyl (C=O) groups excluding carboxylic acids is 1. The highest BCUT2D eigenvalue weighted by atomic mass is 16.4. The molecule has 1 atom stereocenters.